The standard InChI is InChI=1S/C9H6Cl2O/c10-4-1-6-5(7(11)2-4)3-8-9(6)12-8/h1-2,8-9H,3H2. The molecule has 1 fully saturated rings. The third-order valence-corrected chi connectivity index (χ3v) is 3.04. The van der Waals surface area contributed by atoms with Crippen LogP contribution in [0.1, 0.15) is 17.2 Å². The molecule has 0 N–H and O–H groups in total. The van der Waals surface area contributed by atoms with Crippen LogP contribution in [0.4, 0.5) is 0 Å². The second kappa shape index (κ2) is 2.16. The fourth-order valence-corrected chi connectivity index (χ4v) is 2.45. The Kier molecular flexibility index (Phi) is 1.30. The summed E-state index contributed by atoms with van der Waals surface area (Å²) in [5.74, 6) is 0. The Bertz CT molecular complexity index is 362. The van der Waals surface area contributed by atoms with Crippen LogP contribution in [0.3, 0.4) is 0 Å². The van der Waals surface area contributed by atoms with Crippen LogP contribution in [0.15, 0.2) is 12.1 Å². The number of hydrogen-bond acceptors (Lipinski definition) is 1. The molecule has 2 aliphatic rings. The molecule has 1 saturated heterocycles. The van der Waals surface area contributed by atoms with Crippen LogP contribution in [-0.4, -0.2) is 6.10 Å². The lowest BCUT2D eigenvalue weighted by atomic mass is 10.1. The number of benzene rings is 1. The lowest BCUT2D eigenvalue weighted by Gasteiger charge is -2.04. The molecule has 12 heavy (non-hydrogen) atoms. The van der Waals surface area contributed by atoms with Gasteiger partial charge >= 0.3 is 0 Å². The van der Waals surface area contributed by atoms with Crippen molar-refractivity contribution in [2.24, 2.45) is 0 Å². The fraction of sp³-hybridized carbons (Fsp3) is 0.333. The maximum absolute atomic E-state index is 6.02. The van der Waals surface area contributed by atoms with Gasteiger partial charge in [-0.1, -0.05) is 23.2 Å². The molecule has 0 radical (unpaired) electrons. The molecular formula is C9H6Cl2O. The molecule has 62 valence electrons. The summed E-state index contributed by atoms with van der Waals surface area (Å²) in [5.41, 5.74) is 2.42. The Morgan fingerprint density at radius 1 is 1.33 bits per heavy atom. The van der Waals surface area contributed by atoms with Crippen molar-refractivity contribution in [1.82, 2.24) is 0 Å². The predicted molar refractivity (Wildman–Crippen MR) is 47.8 cm³/mol. The monoisotopic (exact) mass is 200 g/mol. The lowest BCUT2D eigenvalue weighted by Crippen LogP contribution is -1.90. The number of fused-ring (bicyclic) bond motifs is 3. The molecule has 2 atom stereocenters. The van der Waals surface area contributed by atoms with Crippen molar-refractivity contribution in [3.63, 3.8) is 0 Å². The minimum absolute atomic E-state index is 0.288. The van der Waals surface area contributed by atoms with Crippen molar-refractivity contribution in [2.45, 2.75) is 18.6 Å². The van der Waals surface area contributed by atoms with Crippen molar-refractivity contribution < 1.29 is 4.74 Å². The summed E-state index contributed by atoms with van der Waals surface area (Å²) in [6.45, 7) is 0. The minimum atomic E-state index is 0.288. The zero-order chi connectivity index (χ0) is 8.29. The quantitative estimate of drug-likeness (QED) is 0.587. The molecule has 1 aliphatic carbocycles. The highest BCUT2D eigenvalue weighted by Gasteiger charge is 2.47. The van der Waals surface area contributed by atoms with E-state index in [1.165, 1.54) is 11.1 Å². The first-order valence-electron chi connectivity index (χ1n) is 3.89. The Morgan fingerprint density at radius 3 is 3.00 bits per heavy atom. The molecule has 0 amide bonds. The summed E-state index contributed by atoms with van der Waals surface area (Å²) in [7, 11) is 0. The van der Waals surface area contributed by atoms with Crippen LogP contribution in [-0.2, 0) is 11.2 Å². The molecular weight excluding hydrogens is 195 g/mol. The van der Waals surface area contributed by atoms with Gasteiger partial charge in [-0.05, 0) is 23.3 Å². The first kappa shape index (κ1) is 7.19. The smallest absolute Gasteiger partial charge is 0.110 e. The van der Waals surface area contributed by atoms with Crippen LogP contribution in [0, 0.1) is 0 Å². The average molecular weight is 201 g/mol. The maximum atomic E-state index is 6.02. The Labute approximate surface area is 80.2 Å². The van der Waals surface area contributed by atoms with E-state index in [9.17, 15) is 0 Å². The van der Waals surface area contributed by atoms with Crippen LogP contribution in [0.25, 0.3) is 0 Å². The third-order valence-electron chi connectivity index (χ3n) is 2.49. The number of ether oxygens (including phenoxy) is 1. The van der Waals surface area contributed by atoms with Gasteiger partial charge in [0, 0.05) is 16.5 Å². The summed E-state index contributed by atoms with van der Waals surface area (Å²) >= 11 is 11.9. The summed E-state index contributed by atoms with van der Waals surface area (Å²) < 4.78 is 5.37. The van der Waals surface area contributed by atoms with Gasteiger partial charge in [-0.25, -0.2) is 0 Å². The molecule has 1 aliphatic heterocycles. The van der Waals surface area contributed by atoms with Crippen molar-refractivity contribution in [3.05, 3.63) is 33.3 Å². The SMILES string of the molecule is Clc1cc(Cl)c2c(c1)C1OC1C2. The van der Waals surface area contributed by atoms with Gasteiger partial charge in [0.15, 0.2) is 0 Å². The Morgan fingerprint density at radius 2 is 2.17 bits per heavy atom. The highest BCUT2D eigenvalue weighted by molar-refractivity contribution is 6.35. The van der Waals surface area contributed by atoms with Crippen molar-refractivity contribution in [2.75, 3.05) is 0 Å². The second-order valence-electron chi connectivity index (χ2n) is 3.25. The third kappa shape index (κ3) is 0.846. The summed E-state index contributed by atoms with van der Waals surface area (Å²) in [6, 6.07) is 3.76. The van der Waals surface area contributed by atoms with Gasteiger partial charge in [-0.3, -0.25) is 0 Å². The van der Waals surface area contributed by atoms with Crippen molar-refractivity contribution in [1.29, 1.82) is 0 Å². The Hall–Kier alpha value is -0.240. The molecule has 2 unspecified atom stereocenters. The topological polar surface area (TPSA) is 12.5 Å². The Balaban J connectivity index is 2.24. The van der Waals surface area contributed by atoms with E-state index in [0.29, 0.717) is 11.1 Å². The van der Waals surface area contributed by atoms with Gasteiger partial charge in [0.2, 0.25) is 0 Å². The first-order chi connectivity index (χ1) is 5.75. The van der Waals surface area contributed by atoms with E-state index in [-0.39, 0.29) is 6.10 Å². The molecule has 1 nitrogen and oxygen atoms in total. The van der Waals surface area contributed by atoms with Crippen molar-refractivity contribution in [3.8, 4) is 0 Å². The highest BCUT2D eigenvalue weighted by atomic mass is 35.5. The van der Waals surface area contributed by atoms with Crippen LogP contribution in [0.2, 0.25) is 10.0 Å². The summed E-state index contributed by atoms with van der Waals surface area (Å²) in [5, 5.41) is 1.49. The van der Waals surface area contributed by atoms with E-state index in [1.807, 2.05) is 6.07 Å². The van der Waals surface area contributed by atoms with Gasteiger partial charge in [0.1, 0.15) is 6.10 Å². The van der Waals surface area contributed by atoms with Gasteiger partial charge < -0.3 is 4.74 Å². The highest BCUT2D eigenvalue weighted by Crippen LogP contribution is 2.51. The number of epoxide rings is 1. The van der Waals surface area contributed by atoms with E-state index in [2.05, 4.69) is 0 Å². The molecule has 3 heteroatoms. The largest absolute Gasteiger partial charge is 0.364 e. The van der Waals surface area contributed by atoms with Crippen LogP contribution < -0.4 is 0 Å². The van der Waals surface area contributed by atoms with Gasteiger partial charge in [-0.15, -0.1) is 0 Å². The zero-order valence-electron chi connectivity index (χ0n) is 6.18. The van der Waals surface area contributed by atoms with Crippen molar-refractivity contribution >= 4 is 23.2 Å². The van der Waals surface area contributed by atoms with E-state index in [1.54, 1.807) is 6.07 Å². The van der Waals surface area contributed by atoms with Crippen LogP contribution >= 0.6 is 23.2 Å². The molecule has 0 bridgehead atoms. The summed E-state index contributed by atoms with van der Waals surface area (Å²) in [6.07, 6.45) is 1.63. The molecule has 1 heterocycles. The van der Waals surface area contributed by atoms with E-state index in [0.717, 1.165) is 11.4 Å². The van der Waals surface area contributed by atoms with E-state index < -0.39 is 0 Å². The normalized spacial score (nSPS) is 29.8. The number of halogens is 2. The fourth-order valence-electron chi connectivity index (χ4n) is 1.87. The maximum Gasteiger partial charge on any atom is 0.110 e. The van der Waals surface area contributed by atoms with E-state index in [4.69, 9.17) is 27.9 Å². The zero-order valence-corrected chi connectivity index (χ0v) is 7.69. The molecule has 3 rings (SSSR count). The number of hydrogen-bond donors (Lipinski definition) is 0. The molecule has 0 spiro atoms. The molecule has 0 aromatic heterocycles. The van der Waals surface area contributed by atoms with Gasteiger partial charge in [0.25, 0.3) is 0 Å². The molecule has 0 saturated carbocycles. The first-order valence-corrected chi connectivity index (χ1v) is 4.64. The second-order valence-corrected chi connectivity index (χ2v) is 4.10. The van der Waals surface area contributed by atoms with E-state index >= 15 is 0 Å². The minimum Gasteiger partial charge on any atom is -0.364 e. The predicted octanol–water partition coefficient (Wildman–Crippen LogP) is 2.99. The number of rotatable bonds is 0. The van der Waals surface area contributed by atoms with Gasteiger partial charge in [0.05, 0.1) is 6.10 Å². The lowest BCUT2D eigenvalue weighted by molar-refractivity contribution is 0.361. The van der Waals surface area contributed by atoms with Gasteiger partial charge in [-0.2, -0.15) is 0 Å². The summed E-state index contributed by atoms with van der Waals surface area (Å²) in [4.78, 5) is 0. The molecule has 1 aromatic rings. The molecule has 1 aromatic carbocycles. The average Bonchev–Trinajstić information content (AvgIpc) is 2.68. The van der Waals surface area contributed by atoms with Crippen LogP contribution in [0.5, 0.6) is 0 Å².